The van der Waals surface area contributed by atoms with Crippen molar-refractivity contribution < 1.29 is 27.5 Å². The third kappa shape index (κ3) is 5.48. The monoisotopic (exact) mass is 549 g/mol. The lowest BCUT2D eigenvalue weighted by atomic mass is 9.98. The van der Waals surface area contributed by atoms with E-state index in [1.54, 1.807) is 48.4 Å². The average Bonchev–Trinajstić information content (AvgIpc) is 3.40. The minimum Gasteiger partial charge on any atom is -0.497 e. The topological polar surface area (TPSA) is 105 Å². The number of rotatable bonds is 7. The molecule has 39 heavy (non-hydrogen) atoms. The molecule has 0 aromatic heterocycles. The summed E-state index contributed by atoms with van der Waals surface area (Å²) >= 11 is 0. The molecule has 0 spiro atoms. The molecule has 9 nitrogen and oxygen atoms in total. The number of anilines is 2. The van der Waals surface area contributed by atoms with Crippen LogP contribution >= 0.6 is 0 Å². The lowest BCUT2D eigenvalue weighted by Crippen LogP contribution is -2.43. The van der Waals surface area contributed by atoms with Crippen molar-refractivity contribution in [3.05, 3.63) is 77.9 Å². The number of nitrogens with zero attached hydrogens (tertiary/aromatic N) is 2. The van der Waals surface area contributed by atoms with Crippen LogP contribution in [0.3, 0.4) is 0 Å². The summed E-state index contributed by atoms with van der Waals surface area (Å²) in [5, 5.41) is 2.95. The Bertz CT molecular complexity index is 1470. The Balaban J connectivity index is 1.28. The van der Waals surface area contributed by atoms with Gasteiger partial charge in [0.05, 0.1) is 25.0 Å². The van der Waals surface area contributed by atoms with Gasteiger partial charge < -0.3 is 19.7 Å². The van der Waals surface area contributed by atoms with E-state index in [1.165, 1.54) is 23.5 Å². The Morgan fingerprint density at radius 3 is 2.23 bits per heavy atom. The first-order chi connectivity index (χ1) is 18.8. The van der Waals surface area contributed by atoms with Gasteiger partial charge in [0.15, 0.2) is 0 Å². The summed E-state index contributed by atoms with van der Waals surface area (Å²) in [6, 6.07) is 18.8. The molecule has 10 heteroatoms. The van der Waals surface area contributed by atoms with E-state index in [1.807, 2.05) is 18.2 Å². The normalized spacial score (nSPS) is 17.4. The van der Waals surface area contributed by atoms with Gasteiger partial charge in [-0.15, -0.1) is 0 Å². The number of nitrogens with one attached hydrogen (secondary N) is 1. The van der Waals surface area contributed by atoms with Crippen LogP contribution in [-0.4, -0.2) is 58.4 Å². The summed E-state index contributed by atoms with van der Waals surface area (Å²) in [7, 11) is -0.636. The smallest absolute Gasteiger partial charge is 0.258 e. The number of carbonyl (C=O) groups excluding carboxylic acids is 2. The average molecular weight is 550 g/mol. The van der Waals surface area contributed by atoms with Gasteiger partial charge in [0.2, 0.25) is 15.9 Å². The van der Waals surface area contributed by atoms with Gasteiger partial charge >= 0.3 is 0 Å². The van der Waals surface area contributed by atoms with E-state index in [4.69, 9.17) is 9.47 Å². The first-order valence-electron chi connectivity index (χ1n) is 12.8. The highest BCUT2D eigenvalue weighted by Crippen LogP contribution is 2.33. The van der Waals surface area contributed by atoms with Crippen molar-refractivity contribution >= 4 is 33.2 Å². The zero-order valence-corrected chi connectivity index (χ0v) is 22.7. The highest BCUT2D eigenvalue weighted by molar-refractivity contribution is 7.89. The maximum absolute atomic E-state index is 13.2. The molecular weight excluding hydrogens is 518 g/mol. The van der Waals surface area contributed by atoms with E-state index in [2.05, 4.69) is 5.32 Å². The molecule has 0 radical (unpaired) electrons. The van der Waals surface area contributed by atoms with Crippen molar-refractivity contribution in [2.45, 2.75) is 24.2 Å². The Labute approximate surface area is 228 Å². The van der Waals surface area contributed by atoms with E-state index in [-0.39, 0.29) is 23.3 Å². The molecule has 2 aliphatic rings. The first-order valence-corrected chi connectivity index (χ1v) is 14.3. The van der Waals surface area contributed by atoms with Gasteiger partial charge in [-0.05, 0) is 85.5 Å². The van der Waals surface area contributed by atoms with Gasteiger partial charge in [0.1, 0.15) is 11.5 Å². The minimum atomic E-state index is -3.74. The summed E-state index contributed by atoms with van der Waals surface area (Å²) in [6.45, 7) is 1.02. The van der Waals surface area contributed by atoms with E-state index < -0.39 is 15.9 Å². The number of sulfonamides is 1. The molecule has 5 rings (SSSR count). The largest absolute Gasteiger partial charge is 0.497 e. The van der Waals surface area contributed by atoms with Crippen molar-refractivity contribution in [2.24, 2.45) is 5.92 Å². The second-order valence-corrected chi connectivity index (χ2v) is 11.6. The molecule has 1 saturated heterocycles. The molecule has 1 atom stereocenters. The van der Waals surface area contributed by atoms with Gasteiger partial charge in [-0.1, -0.05) is 6.07 Å². The SMILES string of the molecule is COc1ccc(C(=O)N2CCc3ccc(NC(=O)[C@@H]4CCCN(S(=O)(=O)c5ccc(OC)cc5)C4)cc32)cc1. The number of hydrogen-bond acceptors (Lipinski definition) is 6. The highest BCUT2D eigenvalue weighted by atomic mass is 32.2. The van der Waals surface area contributed by atoms with Crippen LogP contribution in [-0.2, 0) is 21.2 Å². The van der Waals surface area contributed by atoms with Gasteiger partial charge in [-0.3, -0.25) is 9.59 Å². The van der Waals surface area contributed by atoms with Crippen LogP contribution in [0.4, 0.5) is 11.4 Å². The zero-order chi connectivity index (χ0) is 27.6. The number of benzene rings is 3. The Kier molecular flexibility index (Phi) is 7.58. The van der Waals surface area contributed by atoms with Crippen LogP contribution in [0.1, 0.15) is 28.8 Å². The third-order valence-electron chi connectivity index (χ3n) is 7.28. The fraction of sp³-hybridized carbons (Fsp3) is 0.310. The van der Waals surface area contributed by atoms with Crippen LogP contribution in [0.15, 0.2) is 71.6 Å². The fourth-order valence-electron chi connectivity index (χ4n) is 5.07. The molecule has 1 N–H and O–H groups in total. The number of ether oxygens (including phenoxy) is 2. The number of carbonyl (C=O) groups is 2. The van der Waals surface area contributed by atoms with Crippen molar-refractivity contribution in [3.63, 3.8) is 0 Å². The molecule has 0 unspecified atom stereocenters. The molecule has 2 aliphatic heterocycles. The van der Waals surface area contributed by atoms with E-state index in [0.29, 0.717) is 48.7 Å². The summed E-state index contributed by atoms with van der Waals surface area (Å²) < 4.78 is 38.1. The molecule has 2 amide bonds. The summed E-state index contributed by atoms with van der Waals surface area (Å²) in [6.07, 6.45) is 1.90. The van der Waals surface area contributed by atoms with Crippen LogP contribution in [0.2, 0.25) is 0 Å². The molecule has 204 valence electrons. The van der Waals surface area contributed by atoms with E-state index >= 15 is 0 Å². The summed E-state index contributed by atoms with van der Waals surface area (Å²) in [5.41, 5.74) is 2.92. The molecule has 2 heterocycles. The molecule has 3 aromatic carbocycles. The van der Waals surface area contributed by atoms with E-state index in [9.17, 15) is 18.0 Å². The van der Waals surface area contributed by atoms with Gasteiger partial charge in [0.25, 0.3) is 5.91 Å². The minimum absolute atomic E-state index is 0.104. The Hall–Kier alpha value is -3.89. The van der Waals surface area contributed by atoms with Crippen LogP contribution < -0.4 is 19.7 Å². The molecule has 0 saturated carbocycles. The predicted molar refractivity (Wildman–Crippen MR) is 148 cm³/mol. The standard InChI is InChI=1S/C29H31N3O6S/c1-37-24-9-6-21(7-10-24)29(34)32-17-15-20-5-8-23(18-27(20)32)30-28(33)22-4-3-16-31(19-22)39(35,36)26-13-11-25(38-2)12-14-26/h5-14,18,22H,3-4,15-17,19H2,1-2H3,(H,30,33)/t22-/m1/s1. The van der Waals surface area contributed by atoms with Crippen LogP contribution in [0.5, 0.6) is 11.5 Å². The zero-order valence-electron chi connectivity index (χ0n) is 21.9. The predicted octanol–water partition coefficient (Wildman–Crippen LogP) is 3.95. The summed E-state index contributed by atoms with van der Waals surface area (Å²) in [4.78, 5) is 28.3. The van der Waals surface area contributed by atoms with Gasteiger partial charge in [-0.25, -0.2) is 8.42 Å². The fourth-order valence-corrected chi connectivity index (χ4v) is 6.60. The van der Waals surface area contributed by atoms with Crippen molar-refractivity contribution in [2.75, 3.05) is 44.1 Å². The molecule has 0 bridgehead atoms. The second kappa shape index (κ2) is 11.1. The third-order valence-corrected chi connectivity index (χ3v) is 9.16. The quantitative estimate of drug-likeness (QED) is 0.479. The molecular formula is C29H31N3O6S. The number of hydrogen-bond donors (Lipinski definition) is 1. The number of amides is 2. The van der Waals surface area contributed by atoms with Crippen LogP contribution in [0, 0.1) is 5.92 Å². The number of methoxy groups -OCH3 is 2. The van der Waals surface area contributed by atoms with Crippen molar-refractivity contribution in [1.82, 2.24) is 4.31 Å². The molecule has 1 fully saturated rings. The lowest BCUT2D eigenvalue weighted by molar-refractivity contribution is -0.120. The maximum Gasteiger partial charge on any atom is 0.258 e. The molecule has 3 aromatic rings. The highest BCUT2D eigenvalue weighted by Gasteiger charge is 2.34. The first kappa shape index (κ1) is 26.7. The van der Waals surface area contributed by atoms with Crippen molar-refractivity contribution in [3.8, 4) is 11.5 Å². The second-order valence-electron chi connectivity index (χ2n) is 9.65. The van der Waals surface area contributed by atoms with Gasteiger partial charge in [0, 0.05) is 36.6 Å². The Morgan fingerprint density at radius 2 is 1.56 bits per heavy atom. The van der Waals surface area contributed by atoms with Crippen molar-refractivity contribution in [1.29, 1.82) is 0 Å². The summed E-state index contributed by atoms with van der Waals surface area (Å²) in [5.74, 6) is 0.402. The number of fused-ring (bicyclic) bond motifs is 1. The number of piperidine rings is 1. The lowest BCUT2D eigenvalue weighted by Gasteiger charge is -2.31. The van der Waals surface area contributed by atoms with Gasteiger partial charge in [-0.2, -0.15) is 4.31 Å². The molecule has 0 aliphatic carbocycles. The Morgan fingerprint density at radius 1 is 0.897 bits per heavy atom. The maximum atomic E-state index is 13.2. The van der Waals surface area contributed by atoms with E-state index in [0.717, 1.165) is 17.7 Å². The van der Waals surface area contributed by atoms with Crippen LogP contribution in [0.25, 0.3) is 0 Å².